The van der Waals surface area contributed by atoms with Crippen molar-refractivity contribution in [3.8, 4) is 5.75 Å². The van der Waals surface area contributed by atoms with Gasteiger partial charge in [0.05, 0.1) is 11.7 Å². The summed E-state index contributed by atoms with van der Waals surface area (Å²) in [4.78, 5) is 40.1. The SMILES string of the molecule is C[C@@H]1O[C@@H](Oc2ccc([C@H]3CCCN(C(=O)/C=C\c4ccccc4)CCCNC(=O)CCN3)cc2)[C@H](O[C@@H]2O[C@H](COC(=O)c3ccccc3)[C@@H](O)[C@H](O)[C@H]2O)[C@H](O)[C@H]1O. The molecule has 0 unspecified atom stereocenters. The number of hydrogen-bond donors (Lipinski definition) is 7. The van der Waals surface area contributed by atoms with Crippen molar-refractivity contribution in [2.45, 2.75) is 100 Å². The van der Waals surface area contributed by atoms with Gasteiger partial charge in [0.15, 0.2) is 12.4 Å². The maximum absolute atomic E-state index is 13.2. The standard InChI is InChI=1S/C44H55N3O13/c1-27-36(50)39(53)41(60-43-40(54)38(52)37(51)33(59-43)26-56-42(55)30-12-6-3-7-13-30)44(57-27)58-31-18-16-29(17-19-31)32-14-8-24-47(25-9-22-46-34(48)21-23-45-32)35(49)20-15-28-10-4-2-5-11-28/h2-7,10-13,15-20,27,32-33,36-41,43-45,50-54H,8-9,14,21-26H2,1H3,(H,46,48)/b20-15-/t27-,32+,33+,36-,37+,38-,39+,40+,41+,43-,44-/m0/s1. The lowest BCUT2D eigenvalue weighted by Gasteiger charge is -2.45. The lowest BCUT2D eigenvalue weighted by molar-refractivity contribution is -0.355. The number of carbonyl (C=O) groups is 3. The molecule has 0 radical (unpaired) electrons. The van der Waals surface area contributed by atoms with E-state index in [-0.39, 0.29) is 29.8 Å². The molecule has 0 aliphatic carbocycles. The first-order valence-electron chi connectivity index (χ1n) is 20.4. The number of hydrogen-bond acceptors (Lipinski definition) is 14. The quantitative estimate of drug-likeness (QED) is 0.114. The van der Waals surface area contributed by atoms with Crippen LogP contribution in [0.15, 0.2) is 91.0 Å². The number of benzene rings is 3. The fourth-order valence-electron chi connectivity index (χ4n) is 7.28. The normalized spacial score (nSPS) is 30.9. The number of aliphatic hydroxyl groups excluding tert-OH is 5. The molecule has 16 heteroatoms. The number of esters is 1. The summed E-state index contributed by atoms with van der Waals surface area (Å²) in [6, 6.07) is 24.6. The van der Waals surface area contributed by atoms with Crippen LogP contribution in [0.25, 0.3) is 6.08 Å². The van der Waals surface area contributed by atoms with E-state index in [9.17, 15) is 39.9 Å². The van der Waals surface area contributed by atoms with Crippen LogP contribution >= 0.6 is 0 Å². The van der Waals surface area contributed by atoms with E-state index in [2.05, 4.69) is 10.6 Å². The second kappa shape index (κ2) is 21.7. The van der Waals surface area contributed by atoms with Crippen LogP contribution < -0.4 is 15.4 Å². The maximum atomic E-state index is 13.2. The molecule has 324 valence electrons. The van der Waals surface area contributed by atoms with Gasteiger partial charge in [-0.2, -0.15) is 0 Å². The molecule has 60 heavy (non-hydrogen) atoms. The van der Waals surface area contributed by atoms with Crippen LogP contribution in [0, 0.1) is 0 Å². The Balaban J connectivity index is 1.11. The minimum Gasteiger partial charge on any atom is -0.462 e. The third-order valence-corrected chi connectivity index (χ3v) is 10.8. The highest BCUT2D eigenvalue weighted by molar-refractivity contribution is 5.91. The van der Waals surface area contributed by atoms with Crippen molar-refractivity contribution in [3.05, 3.63) is 108 Å². The van der Waals surface area contributed by atoms with E-state index >= 15 is 0 Å². The molecule has 0 aromatic heterocycles. The molecular weight excluding hydrogens is 778 g/mol. The minimum absolute atomic E-state index is 0.0873. The van der Waals surface area contributed by atoms with Crippen molar-refractivity contribution in [2.75, 3.05) is 32.8 Å². The van der Waals surface area contributed by atoms with Gasteiger partial charge in [0.25, 0.3) is 0 Å². The second-order valence-electron chi connectivity index (χ2n) is 15.1. The average molecular weight is 834 g/mol. The van der Waals surface area contributed by atoms with Crippen molar-refractivity contribution in [3.63, 3.8) is 0 Å². The molecule has 3 aromatic rings. The molecule has 3 aliphatic heterocycles. The van der Waals surface area contributed by atoms with Gasteiger partial charge in [0.1, 0.15) is 49.0 Å². The van der Waals surface area contributed by atoms with Gasteiger partial charge < -0.3 is 64.8 Å². The molecular formula is C44H55N3O13. The third kappa shape index (κ3) is 12.0. The van der Waals surface area contributed by atoms with Crippen LogP contribution in [-0.2, 0) is 28.5 Å². The Labute approximate surface area is 348 Å². The zero-order valence-electron chi connectivity index (χ0n) is 33.4. The number of nitrogens with one attached hydrogen (secondary N) is 2. The molecule has 0 spiro atoms. The summed E-state index contributed by atoms with van der Waals surface area (Å²) in [7, 11) is 0. The fraction of sp³-hybridized carbons (Fsp3) is 0.477. The van der Waals surface area contributed by atoms with Gasteiger partial charge in [0, 0.05) is 44.7 Å². The van der Waals surface area contributed by atoms with E-state index in [1.54, 1.807) is 66.4 Å². The number of nitrogens with zero attached hydrogens (tertiary/aromatic N) is 1. The summed E-state index contributed by atoms with van der Waals surface area (Å²) >= 11 is 0. The Morgan fingerprint density at radius 2 is 1.50 bits per heavy atom. The van der Waals surface area contributed by atoms with E-state index in [0.29, 0.717) is 51.2 Å². The molecule has 3 fully saturated rings. The van der Waals surface area contributed by atoms with E-state index in [4.69, 9.17) is 23.7 Å². The van der Waals surface area contributed by atoms with E-state index < -0.39 is 74.0 Å². The Kier molecular flexibility index (Phi) is 16.2. The van der Waals surface area contributed by atoms with Gasteiger partial charge >= 0.3 is 5.97 Å². The van der Waals surface area contributed by atoms with Crippen LogP contribution in [0.3, 0.4) is 0 Å². The number of rotatable bonds is 10. The molecule has 6 rings (SSSR count). The predicted molar refractivity (Wildman–Crippen MR) is 216 cm³/mol. The molecule has 2 amide bonds. The number of carbonyl (C=O) groups excluding carboxylic acids is 3. The van der Waals surface area contributed by atoms with Gasteiger partial charge in [-0.05, 0) is 67.7 Å². The molecule has 3 aromatic carbocycles. The van der Waals surface area contributed by atoms with Gasteiger partial charge in [-0.15, -0.1) is 0 Å². The summed E-state index contributed by atoms with van der Waals surface area (Å²) in [5.74, 6) is -0.582. The number of aliphatic hydroxyl groups is 5. The van der Waals surface area contributed by atoms with E-state index in [1.165, 1.54) is 0 Å². The first-order chi connectivity index (χ1) is 29.0. The summed E-state index contributed by atoms with van der Waals surface area (Å²) in [5.41, 5.74) is 2.07. The molecule has 7 N–H and O–H groups in total. The molecule has 0 saturated carbocycles. The van der Waals surface area contributed by atoms with Crippen molar-refractivity contribution in [1.82, 2.24) is 15.5 Å². The first-order valence-corrected chi connectivity index (χ1v) is 20.4. The van der Waals surface area contributed by atoms with Crippen LogP contribution in [0.2, 0.25) is 0 Å². The minimum atomic E-state index is -1.81. The summed E-state index contributed by atoms with van der Waals surface area (Å²) in [5, 5.41) is 60.5. The maximum Gasteiger partial charge on any atom is 0.338 e. The van der Waals surface area contributed by atoms with Crippen molar-refractivity contribution >= 4 is 23.9 Å². The van der Waals surface area contributed by atoms with E-state index in [1.807, 2.05) is 42.5 Å². The van der Waals surface area contributed by atoms with Crippen LogP contribution in [-0.4, -0.2) is 142 Å². The fourth-order valence-corrected chi connectivity index (χ4v) is 7.28. The molecule has 11 atom stereocenters. The van der Waals surface area contributed by atoms with Crippen molar-refractivity contribution in [2.24, 2.45) is 0 Å². The lowest BCUT2D eigenvalue weighted by atomic mass is 9.97. The summed E-state index contributed by atoms with van der Waals surface area (Å²) in [6.45, 7) is 2.96. The molecule has 3 saturated heterocycles. The smallest absolute Gasteiger partial charge is 0.338 e. The average Bonchev–Trinajstić information content (AvgIpc) is 3.28. The summed E-state index contributed by atoms with van der Waals surface area (Å²) in [6.07, 6.45) is -9.39. The highest BCUT2D eigenvalue weighted by atomic mass is 16.8. The topological polar surface area (TPSA) is 226 Å². The molecule has 0 bridgehead atoms. The number of amides is 2. The zero-order chi connectivity index (χ0) is 42.6. The van der Waals surface area contributed by atoms with Crippen LogP contribution in [0.5, 0.6) is 5.75 Å². The molecule has 3 heterocycles. The largest absolute Gasteiger partial charge is 0.462 e. The third-order valence-electron chi connectivity index (χ3n) is 10.8. The first kappa shape index (κ1) is 44.8. The molecule has 3 aliphatic rings. The van der Waals surface area contributed by atoms with Crippen molar-refractivity contribution in [1.29, 1.82) is 0 Å². The van der Waals surface area contributed by atoms with Crippen LogP contribution in [0.4, 0.5) is 0 Å². The highest BCUT2D eigenvalue weighted by Crippen LogP contribution is 2.31. The van der Waals surface area contributed by atoms with Crippen molar-refractivity contribution < 1.29 is 63.6 Å². The molecule has 16 nitrogen and oxygen atoms in total. The Morgan fingerprint density at radius 1 is 0.800 bits per heavy atom. The number of ether oxygens (including phenoxy) is 5. The van der Waals surface area contributed by atoms with E-state index in [0.717, 1.165) is 11.1 Å². The van der Waals surface area contributed by atoms with Gasteiger partial charge in [0.2, 0.25) is 18.1 Å². The summed E-state index contributed by atoms with van der Waals surface area (Å²) < 4.78 is 29.1. The van der Waals surface area contributed by atoms with Gasteiger partial charge in [-0.3, -0.25) is 9.59 Å². The van der Waals surface area contributed by atoms with Gasteiger partial charge in [-0.1, -0.05) is 60.7 Å². The lowest BCUT2D eigenvalue weighted by Crippen LogP contribution is -2.64. The monoisotopic (exact) mass is 833 g/mol. The second-order valence-corrected chi connectivity index (χ2v) is 15.1. The zero-order valence-corrected chi connectivity index (χ0v) is 33.4. The Bertz CT molecular complexity index is 1850. The Hall–Kier alpha value is -4.75. The highest BCUT2D eigenvalue weighted by Gasteiger charge is 2.51. The predicted octanol–water partition coefficient (Wildman–Crippen LogP) is 1.44. The Morgan fingerprint density at radius 3 is 2.23 bits per heavy atom. The van der Waals surface area contributed by atoms with Crippen LogP contribution in [0.1, 0.15) is 60.1 Å². The van der Waals surface area contributed by atoms with Gasteiger partial charge in [-0.25, -0.2) is 4.79 Å².